The lowest BCUT2D eigenvalue weighted by Gasteiger charge is -2.32. The van der Waals surface area contributed by atoms with Gasteiger partial charge in [0.15, 0.2) is 6.29 Å². The van der Waals surface area contributed by atoms with Crippen LogP contribution in [0.3, 0.4) is 0 Å². The van der Waals surface area contributed by atoms with E-state index in [0.717, 1.165) is 25.7 Å². The van der Waals surface area contributed by atoms with Crippen molar-refractivity contribution in [1.29, 1.82) is 0 Å². The van der Waals surface area contributed by atoms with Crippen LogP contribution < -0.4 is 10.6 Å². The number of carbonyl (C=O) groups excluding carboxylic acids is 2. The van der Waals surface area contributed by atoms with Crippen LogP contribution >= 0.6 is 0 Å². The topological polar surface area (TPSA) is 76.3 Å². The quantitative estimate of drug-likeness (QED) is 0.775. The fraction of sp³-hybridized carbons (Fsp3) is 0.417. The Morgan fingerprint density at radius 1 is 1.59 bits per heavy atom. The molecular weight excluding hydrogens is 218 g/mol. The van der Waals surface area contributed by atoms with Crippen molar-refractivity contribution in [3.05, 3.63) is 23.9 Å². The molecule has 0 saturated carbocycles. The molecule has 1 aromatic heterocycles. The van der Waals surface area contributed by atoms with Crippen LogP contribution in [0.25, 0.3) is 0 Å². The molecule has 1 amide bonds. The zero-order valence-electron chi connectivity index (χ0n) is 9.50. The SMILES string of the molecule is NC(=O)C1CCCN(c2ncccc2C=O)C1. The lowest BCUT2D eigenvalue weighted by molar-refractivity contribution is -0.122. The standard InChI is InChI=1S/C12H15N3O2/c13-11(17)9-4-2-6-15(7-9)12-10(8-16)3-1-5-14-12/h1,3,5,8-9H,2,4,6-7H2,(H2,13,17). The summed E-state index contributed by atoms with van der Waals surface area (Å²) in [4.78, 5) is 28.3. The van der Waals surface area contributed by atoms with Crippen LogP contribution in [0.2, 0.25) is 0 Å². The molecule has 17 heavy (non-hydrogen) atoms. The second-order valence-corrected chi connectivity index (χ2v) is 4.22. The Balaban J connectivity index is 2.21. The molecule has 5 heteroatoms. The molecule has 2 N–H and O–H groups in total. The van der Waals surface area contributed by atoms with Crippen LogP contribution in [0.5, 0.6) is 0 Å². The van der Waals surface area contributed by atoms with Gasteiger partial charge in [-0.3, -0.25) is 9.59 Å². The number of piperidine rings is 1. The van der Waals surface area contributed by atoms with Crippen molar-refractivity contribution in [3.63, 3.8) is 0 Å². The van der Waals surface area contributed by atoms with E-state index in [1.807, 2.05) is 4.90 Å². The second-order valence-electron chi connectivity index (χ2n) is 4.22. The third-order valence-electron chi connectivity index (χ3n) is 3.07. The summed E-state index contributed by atoms with van der Waals surface area (Å²) in [5.74, 6) is 0.219. The summed E-state index contributed by atoms with van der Waals surface area (Å²) in [5, 5.41) is 0. The number of hydrogen-bond acceptors (Lipinski definition) is 4. The molecule has 2 rings (SSSR count). The van der Waals surface area contributed by atoms with E-state index in [0.29, 0.717) is 17.9 Å². The first-order chi connectivity index (χ1) is 8.22. The minimum absolute atomic E-state index is 0.148. The summed E-state index contributed by atoms with van der Waals surface area (Å²) in [5.41, 5.74) is 5.88. The van der Waals surface area contributed by atoms with Crippen LogP contribution in [0.4, 0.5) is 5.82 Å². The number of aldehydes is 1. The normalized spacial score (nSPS) is 20.0. The van der Waals surface area contributed by atoms with Crippen LogP contribution in [0.1, 0.15) is 23.2 Å². The summed E-state index contributed by atoms with van der Waals surface area (Å²) < 4.78 is 0. The number of aromatic nitrogens is 1. The number of pyridine rings is 1. The first-order valence-electron chi connectivity index (χ1n) is 5.67. The van der Waals surface area contributed by atoms with Crippen LogP contribution in [0, 0.1) is 5.92 Å². The minimum atomic E-state index is -0.279. The lowest BCUT2D eigenvalue weighted by Crippen LogP contribution is -2.41. The Morgan fingerprint density at radius 3 is 3.12 bits per heavy atom. The van der Waals surface area contributed by atoms with Gasteiger partial charge in [-0.05, 0) is 25.0 Å². The fourth-order valence-electron chi connectivity index (χ4n) is 2.17. The molecule has 90 valence electrons. The van der Waals surface area contributed by atoms with Gasteiger partial charge in [0.25, 0.3) is 0 Å². The highest BCUT2D eigenvalue weighted by Crippen LogP contribution is 2.23. The summed E-state index contributed by atoms with van der Waals surface area (Å²) >= 11 is 0. The predicted molar refractivity (Wildman–Crippen MR) is 63.8 cm³/mol. The zero-order valence-corrected chi connectivity index (χ0v) is 9.50. The first kappa shape index (κ1) is 11.6. The Kier molecular flexibility index (Phi) is 3.37. The van der Waals surface area contributed by atoms with E-state index in [1.165, 1.54) is 0 Å². The van der Waals surface area contributed by atoms with E-state index in [-0.39, 0.29) is 11.8 Å². The number of carbonyl (C=O) groups is 2. The average molecular weight is 233 g/mol. The highest BCUT2D eigenvalue weighted by Gasteiger charge is 2.25. The zero-order chi connectivity index (χ0) is 12.3. The van der Waals surface area contributed by atoms with Gasteiger partial charge in [-0.1, -0.05) is 0 Å². The molecule has 0 radical (unpaired) electrons. The van der Waals surface area contributed by atoms with Crippen molar-refractivity contribution < 1.29 is 9.59 Å². The Labute approximate surface area is 99.6 Å². The average Bonchev–Trinajstić information content (AvgIpc) is 2.39. The van der Waals surface area contributed by atoms with E-state index in [2.05, 4.69) is 4.98 Å². The number of nitrogens with zero attached hydrogens (tertiary/aromatic N) is 2. The second kappa shape index (κ2) is 4.95. The summed E-state index contributed by atoms with van der Waals surface area (Å²) in [6.07, 6.45) is 4.14. The van der Waals surface area contributed by atoms with E-state index in [1.54, 1.807) is 18.3 Å². The van der Waals surface area contributed by atoms with Gasteiger partial charge in [-0.2, -0.15) is 0 Å². The number of amides is 1. The molecule has 1 aliphatic heterocycles. The maximum Gasteiger partial charge on any atom is 0.222 e. The molecule has 0 bridgehead atoms. The molecule has 1 unspecified atom stereocenters. The lowest BCUT2D eigenvalue weighted by atomic mass is 9.97. The third kappa shape index (κ3) is 2.43. The van der Waals surface area contributed by atoms with Gasteiger partial charge < -0.3 is 10.6 Å². The largest absolute Gasteiger partial charge is 0.369 e. The van der Waals surface area contributed by atoms with Crippen LogP contribution in [-0.4, -0.2) is 30.3 Å². The van der Waals surface area contributed by atoms with Crippen molar-refractivity contribution in [3.8, 4) is 0 Å². The van der Waals surface area contributed by atoms with Gasteiger partial charge in [0, 0.05) is 19.3 Å². The highest BCUT2D eigenvalue weighted by molar-refractivity contribution is 5.83. The number of hydrogen-bond donors (Lipinski definition) is 1. The smallest absolute Gasteiger partial charge is 0.222 e. The van der Waals surface area contributed by atoms with Crippen molar-refractivity contribution in [1.82, 2.24) is 4.98 Å². The fourth-order valence-corrected chi connectivity index (χ4v) is 2.17. The number of primary amides is 1. The van der Waals surface area contributed by atoms with Crippen molar-refractivity contribution in [2.24, 2.45) is 11.7 Å². The Bertz CT molecular complexity index is 434. The summed E-state index contributed by atoms with van der Waals surface area (Å²) in [7, 11) is 0. The molecule has 1 aromatic rings. The molecule has 2 heterocycles. The summed E-state index contributed by atoms with van der Waals surface area (Å²) in [6, 6.07) is 3.45. The van der Waals surface area contributed by atoms with Gasteiger partial charge in [-0.25, -0.2) is 4.98 Å². The minimum Gasteiger partial charge on any atom is -0.369 e. The highest BCUT2D eigenvalue weighted by atomic mass is 16.1. The number of nitrogens with two attached hydrogens (primary N) is 1. The van der Waals surface area contributed by atoms with Crippen LogP contribution in [-0.2, 0) is 4.79 Å². The molecule has 0 aliphatic carbocycles. The van der Waals surface area contributed by atoms with Gasteiger partial charge in [-0.15, -0.1) is 0 Å². The Hall–Kier alpha value is -1.91. The maximum atomic E-state index is 11.2. The molecular formula is C12H15N3O2. The van der Waals surface area contributed by atoms with E-state index in [9.17, 15) is 9.59 Å². The molecule has 1 atom stereocenters. The number of rotatable bonds is 3. The molecule has 0 spiro atoms. The number of anilines is 1. The molecule has 1 aliphatic rings. The first-order valence-corrected chi connectivity index (χ1v) is 5.67. The maximum absolute atomic E-state index is 11.2. The monoisotopic (exact) mass is 233 g/mol. The molecule has 1 fully saturated rings. The van der Waals surface area contributed by atoms with Crippen molar-refractivity contribution in [2.75, 3.05) is 18.0 Å². The molecule has 5 nitrogen and oxygen atoms in total. The van der Waals surface area contributed by atoms with Crippen LogP contribution in [0.15, 0.2) is 18.3 Å². The third-order valence-corrected chi connectivity index (χ3v) is 3.07. The van der Waals surface area contributed by atoms with Gasteiger partial charge >= 0.3 is 0 Å². The van der Waals surface area contributed by atoms with E-state index < -0.39 is 0 Å². The van der Waals surface area contributed by atoms with Crippen molar-refractivity contribution in [2.45, 2.75) is 12.8 Å². The molecule has 1 saturated heterocycles. The molecule has 0 aromatic carbocycles. The summed E-state index contributed by atoms with van der Waals surface area (Å²) in [6.45, 7) is 1.36. The predicted octanol–water partition coefficient (Wildman–Crippen LogP) is 0.596. The van der Waals surface area contributed by atoms with Gasteiger partial charge in [0.1, 0.15) is 5.82 Å². The van der Waals surface area contributed by atoms with Gasteiger partial charge in [0.05, 0.1) is 11.5 Å². The van der Waals surface area contributed by atoms with E-state index >= 15 is 0 Å². The van der Waals surface area contributed by atoms with E-state index in [4.69, 9.17) is 5.73 Å². The van der Waals surface area contributed by atoms with Crippen molar-refractivity contribution >= 4 is 18.0 Å². The Morgan fingerprint density at radius 2 is 2.41 bits per heavy atom. The van der Waals surface area contributed by atoms with Gasteiger partial charge in [0.2, 0.25) is 5.91 Å².